The van der Waals surface area contributed by atoms with Gasteiger partial charge in [-0.05, 0) is 42.4 Å². The number of hydrogen-bond donors (Lipinski definition) is 0. The molecule has 4 aromatic heterocycles. The fourth-order valence-corrected chi connectivity index (χ4v) is 3.88. The van der Waals surface area contributed by atoms with Crippen molar-refractivity contribution in [1.82, 2.24) is 34.6 Å². The Bertz CT molecular complexity index is 1140. The van der Waals surface area contributed by atoms with E-state index in [1.165, 1.54) is 0 Å². The Kier molecular flexibility index (Phi) is 5.25. The normalized spacial score (nSPS) is 12.6. The van der Waals surface area contributed by atoms with Gasteiger partial charge >= 0.3 is 0 Å². The van der Waals surface area contributed by atoms with Crippen LogP contribution in [-0.2, 0) is 11.0 Å². The molecule has 0 aromatic carbocycles. The smallest absolute Gasteiger partial charge is 0.192 e. The average molecular weight is 422 g/mol. The number of rotatable bonds is 6. The Balaban J connectivity index is 1.44. The van der Waals surface area contributed by atoms with Crippen LogP contribution in [0.5, 0.6) is 0 Å². The van der Waals surface area contributed by atoms with Crippen LogP contribution in [0.3, 0.4) is 0 Å². The molecule has 0 fully saturated rings. The minimum absolute atomic E-state index is 0.198. The zero-order valence-corrected chi connectivity index (χ0v) is 19.1. The Morgan fingerprint density at radius 2 is 1.83 bits per heavy atom. The largest absolute Gasteiger partial charge is 0.415 e. The van der Waals surface area contributed by atoms with Gasteiger partial charge in [0.25, 0.3) is 0 Å². The van der Waals surface area contributed by atoms with Crippen molar-refractivity contribution in [3.8, 4) is 22.8 Å². The third kappa shape index (κ3) is 4.03. The lowest BCUT2D eigenvalue weighted by Crippen LogP contribution is -2.41. The molecule has 0 unspecified atom stereocenters. The van der Waals surface area contributed by atoms with Gasteiger partial charge in [0, 0.05) is 18.0 Å². The monoisotopic (exact) mass is 421 g/mol. The van der Waals surface area contributed by atoms with E-state index in [1.54, 1.807) is 6.20 Å². The lowest BCUT2D eigenvalue weighted by atomic mass is 10.2. The van der Waals surface area contributed by atoms with Crippen LogP contribution in [0.2, 0.25) is 18.1 Å². The van der Waals surface area contributed by atoms with E-state index in [9.17, 15) is 0 Å². The first-order valence-corrected chi connectivity index (χ1v) is 13.0. The van der Waals surface area contributed by atoms with Gasteiger partial charge in [-0.15, -0.1) is 15.3 Å². The quantitative estimate of drug-likeness (QED) is 0.436. The van der Waals surface area contributed by atoms with Gasteiger partial charge in [-0.3, -0.25) is 9.38 Å². The van der Waals surface area contributed by atoms with E-state index in [4.69, 9.17) is 4.43 Å². The van der Waals surface area contributed by atoms with E-state index < -0.39 is 8.32 Å². The molecule has 0 aliphatic rings. The minimum Gasteiger partial charge on any atom is -0.415 e. The number of pyridine rings is 2. The predicted octanol–water partition coefficient (Wildman–Crippen LogP) is 4.07. The highest BCUT2D eigenvalue weighted by Crippen LogP contribution is 2.36. The van der Waals surface area contributed by atoms with Gasteiger partial charge in [0.05, 0.1) is 19.3 Å². The summed E-state index contributed by atoms with van der Waals surface area (Å²) in [5.74, 6) is 0.712. The molecule has 4 heterocycles. The molecule has 0 atom stereocenters. The maximum Gasteiger partial charge on any atom is 0.192 e. The molecule has 9 heteroatoms. The molecule has 0 saturated heterocycles. The molecule has 156 valence electrons. The van der Waals surface area contributed by atoms with Crippen LogP contribution in [0.25, 0.3) is 28.4 Å². The van der Waals surface area contributed by atoms with Crippen molar-refractivity contribution in [2.45, 2.75) is 45.4 Å². The molecule has 0 aliphatic carbocycles. The van der Waals surface area contributed by atoms with Crippen LogP contribution in [0.1, 0.15) is 20.8 Å². The number of nitrogens with zero attached hydrogens (tertiary/aromatic N) is 7. The van der Waals surface area contributed by atoms with Crippen molar-refractivity contribution in [1.29, 1.82) is 0 Å². The van der Waals surface area contributed by atoms with Crippen LogP contribution in [0, 0.1) is 0 Å². The fourth-order valence-electron chi connectivity index (χ4n) is 2.84. The molecule has 4 rings (SSSR count). The molecule has 0 saturated carbocycles. The van der Waals surface area contributed by atoms with E-state index in [0.717, 1.165) is 22.6 Å². The van der Waals surface area contributed by atoms with Gasteiger partial charge in [-0.2, -0.15) is 0 Å². The lowest BCUT2D eigenvalue weighted by Gasteiger charge is -2.36. The van der Waals surface area contributed by atoms with E-state index in [1.807, 2.05) is 51.8 Å². The summed E-state index contributed by atoms with van der Waals surface area (Å²) in [6.45, 7) is 12.5. The molecule has 0 N–H and O–H groups in total. The zero-order valence-electron chi connectivity index (χ0n) is 18.1. The first kappa shape index (κ1) is 20.4. The van der Waals surface area contributed by atoms with Gasteiger partial charge in [0.2, 0.25) is 0 Å². The summed E-state index contributed by atoms with van der Waals surface area (Å²) < 4.78 is 9.97. The third-order valence-corrected chi connectivity index (χ3v) is 10.3. The van der Waals surface area contributed by atoms with Crippen molar-refractivity contribution in [3.05, 3.63) is 48.9 Å². The first-order chi connectivity index (χ1) is 14.2. The Morgan fingerprint density at radius 3 is 2.57 bits per heavy atom. The average Bonchev–Trinajstić information content (AvgIpc) is 3.34. The summed E-state index contributed by atoms with van der Waals surface area (Å²) in [6, 6.07) is 9.70. The van der Waals surface area contributed by atoms with Crippen LogP contribution in [0.15, 0.2) is 48.9 Å². The van der Waals surface area contributed by atoms with Crippen molar-refractivity contribution >= 4 is 14.0 Å². The second kappa shape index (κ2) is 7.73. The molecular formula is C21H27N7OSi. The second-order valence-electron chi connectivity index (χ2n) is 8.86. The van der Waals surface area contributed by atoms with E-state index in [0.29, 0.717) is 19.0 Å². The van der Waals surface area contributed by atoms with Gasteiger partial charge in [0.15, 0.2) is 19.8 Å². The molecule has 0 radical (unpaired) electrons. The van der Waals surface area contributed by atoms with E-state index in [2.05, 4.69) is 59.4 Å². The van der Waals surface area contributed by atoms with Crippen LogP contribution in [0.4, 0.5) is 0 Å². The van der Waals surface area contributed by atoms with Gasteiger partial charge in [-0.25, -0.2) is 4.68 Å². The molecule has 30 heavy (non-hydrogen) atoms. The molecule has 0 spiro atoms. The summed E-state index contributed by atoms with van der Waals surface area (Å²) in [6.07, 6.45) is 5.65. The standard InChI is InChI=1S/C21H27N7OSi/c1-21(2,3)30(4,5)29-13-12-27-15-18(23-26-27)16-9-10-17(22-14-16)20-25-24-19-8-6-7-11-28(19)20/h6-11,14-15H,12-13H2,1-5H3. The van der Waals surface area contributed by atoms with Crippen molar-refractivity contribution < 1.29 is 4.43 Å². The maximum atomic E-state index is 6.23. The number of aromatic nitrogens is 7. The highest BCUT2D eigenvalue weighted by atomic mass is 28.4. The number of fused-ring (bicyclic) bond motifs is 1. The van der Waals surface area contributed by atoms with Crippen LogP contribution in [-0.4, -0.2) is 49.5 Å². The molecule has 0 amide bonds. The minimum atomic E-state index is -1.75. The van der Waals surface area contributed by atoms with E-state index in [-0.39, 0.29) is 5.04 Å². The lowest BCUT2D eigenvalue weighted by molar-refractivity contribution is 0.264. The van der Waals surface area contributed by atoms with Gasteiger partial charge in [0.1, 0.15) is 11.4 Å². The van der Waals surface area contributed by atoms with Gasteiger partial charge in [-0.1, -0.05) is 32.1 Å². The molecule has 4 aromatic rings. The van der Waals surface area contributed by atoms with E-state index >= 15 is 0 Å². The summed E-state index contributed by atoms with van der Waals surface area (Å²) in [4.78, 5) is 4.56. The van der Waals surface area contributed by atoms with Crippen molar-refractivity contribution in [3.63, 3.8) is 0 Å². The second-order valence-corrected chi connectivity index (χ2v) is 13.7. The van der Waals surface area contributed by atoms with Gasteiger partial charge < -0.3 is 4.43 Å². The summed E-state index contributed by atoms with van der Waals surface area (Å²) in [7, 11) is -1.75. The molecule has 8 nitrogen and oxygen atoms in total. The zero-order chi connectivity index (χ0) is 21.4. The fraction of sp³-hybridized carbons (Fsp3) is 0.381. The summed E-state index contributed by atoms with van der Waals surface area (Å²) in [5, 5.41) is 17.2. The molecular weight excluding hydrogens is 394 g/mol. The SMILES string of the molecule is CC(C)(C)[Si](C)(C)OCCn1cc(-c2ccc(-c3nnc4ccccn34)nc2)nn1. The molecule has 0 bridgehead atoms. The first-order valence-electron chi connectivity index (χ1n) is 10.1. The Hall–Kier alpha value is -2.91. The summed E-state index contributed by atoms with van der Waals surface area (Å²) in [5.41, 5.74) is 3.24. The van der Waals surface area contributed by atoms with Crippen LogP contribution < -0.4 is 0 Å². The number of hydrogen-bond acceptors (Lipinski definition) is 6. The molecule has 0 aliphatic heterocycles. The Morgan fingerprint density at radius 1 is 1.00 bits per heavy atom. The van der Waals surface area contributed by atoms with Crippen molar-refractivity contribution in [2.24, 2.45) is 0 Å². The highest BCUT2D eigenvalue weighted by Gasteiger charge is 2.36. The summed E-state index contributed by atoms with van der Waals surface area (Å²) >= 11 is 0. The van der Waals surface area contributed by atoms with Crippen molar-refractivity contribution in [2.75, 3.05) is 6.61 Å². The highest BCUT2D eigenvalue weighted by molar-refractivity contribution is 6.74. The third-order valence-electron chi connectivity index (χ3n) is 5.73. The maximum absolute atomic E-state index is 6.23. The van der Waals surface area contributed by atoms with Crippen LogP contribution >= 0.6 is 0 Å². The topological polar surface area (TPSA) is 83.0 Å². The Labute approximate surface area is 177 Å². The predicted molar refractivity (Wildman–Crippen MR) is 118 cm³/mol.